The number of aromatic nitrogens is 2. The lowest BCUT2D eigenvalue weighted by Gasteiger charge is -1.99. The summed E-state index contributed by atoms with van der Waals surface area (Å²) in [6.07, 6.45) is 0.651. The minimum atomic E-state index is -0.481. The first-order valence-electron chi connectivity index (χ1n) is 5.46. The Morgan fingerprint density at radius 3 is 2.89 bits per heavy atom. The first-order chi connectivity index (χ1) is 8.63. The zero-order chi connectivity index (χ0) is 13.1. The molecule has 2 N–H and O–H groups in total. The Kier molecular flexibility index (Phi) is 3.33. The second kappa shape index (κ2) is 4.92. The van der Waals surface area contributed by atoms with Crippen molar-refractivity contribution in [2.45, 2.75) is 19.4 Å². The van der Waals surface area contributed by atoms with Crippen LogP contribution in [-0.2, 0) is 0 Å². The summed E-state index contributed by atoms with van der Waals surface area (Å²) in [5.41, 5.74) is 6.01. The second-order valence-corrected chi connectivity index (χ2v) is 3.75. The second-order valence-electron chi connectivity index (χ2n) is 3.75. The molecule has 0 aliphatic rings. The monoisotopic (exact) mass is 248 g/mol. The van der Waals surface area contributed by atoms with Gasteiger partial charge in [0.1, 0.15) is 5.56 Å². The Balaban J connectivity index is 2.43. The van der Waals surface area contributed by atoms with Crippen molar-refractivity contribution in [3.8, 4) is 11.4 Å². The maximum absolute atomic E-state index is 10.9. The van der Waals surface area contributed by atoms with Crippen molar-refractivity contribution in [2.24, 2.45) is 5.73 Å². The molecule has 1 aromatic carbocycles. The van der Waals surface area contributed by atoms with E-state index < -0.39 is 4.92 Å². The van der Waals surface area contributed by atoms with Crippen LogP contribution in [0.5, 0.6) is 0 Å². The van der Waals surface area contributed by atoms with Gasteiger partial charge in [-0.1, -0.05) is 24.2 Å². The Morgan fingerprint density at radius 1 is 1.50 bits per heavy atom. The third kappa shape index (κ3) is 2.21. The van der Waals surface area contributed by atoms with Crippen LogP contribution in [0.3, 0.4) is 0 Å². The van der Waals surface area contributed by atoms with Gasteiger partial charge < -0.3 is 10.3 Å². The number of para-hydroxylation sites is 1. The number of nitrogens with two attached hydrogens (primary N) is 1. The van der Waals surface area contributed by atoms with Crippen LogP contribution < -0.4 is 5.73 Å². The molecule has 0 radical (unpaired) electrons. The molecule has 94 valence electrons. The van der Waals surface area contributed by atoms with Gasteiger partial charge in [-0.15, -0.1) is 0 Å². The molecule has 18 heavy (non-hydrogen) atoms. The predicted molar refractivity (Wildman–Crippen MR) is 63.6 cm³/mol. The molecule has 7 heteroatoms. The van der Waals surface area contributed by atoms with Crippen LogP contribution in [0.15, 0.2) is 28.8 Å². The van der Waals surface area contributed by atoms with Gasteiger partial charge in [-0.05, 0) is 12.5 Å². The standard InChI is InChI=1S/C11H12N4O3/c1-2-8(12)11-13-10(14-18-11)7-5-3-4-6-9(7)15(16)17/h3-6,8H,2,12H2,1H3. The highest BCUT2D eigenvalue weighted by Gasteiger charge is 2.20. The third-order valence-corrected chi connectivity index (χ3v) is 2.54. The van der Waals surface area contributed by atoms with Gasteiger partial charge >= 0.3 is 0 Å². The molecule has 1 unspecified atom stereocenters. The smallest absolute Gasteiger partial charge is 0.280 e. The summed E-state index contributed by atoms with van der Waals surface area (Å²) in [6.45, 7) is 1.89. The molecular formula is C11H12N4O3. The molecule has 0 bridgehead atoms. The van der Waals surface area contributed by atoms with Crippen molar-refractivity contribution in [3.63, 3.8) is 0 Å². The van der Waals surface area contributed by atoms with Crippen molar-refractivity contribution in [1.29, 1.82) is 0 Å². The van der Waals surface area contributed by atoms with Gasteiger partial charge in [-0.2, -0.15) is 4.98 Å². The van der Waals surface area contributed by atoms with Gasteiger partial charge in [0.05, 0.1) is 11.0 Å². The lowest BCUT2D eigenvalue weighted by atomic mass is 10.1. The predicted octanol–water partition coefficient (Wildman–Crippen LogP) is 2.05. The van der Waals surface area contributed by atoms with E-state index >= 15 is 0 Å². The van der Waals surface area contributed by atoms with Crippen molar-refractivity contribution in [1.82, 2.24) is 10.1 Å². The van der Waals surface area contributed by atoms with Gasteiger partial charge in [-0.3, -0.25) is 10.1 Å². The number of nitro groups is 1. The van der Waals surface area contributed by atoms with Crippen LogP contribution in [-0.4, -0.2) is 15.1 Å². The number of rotatable bonds is 4. The lowest BCUT2D eigenvalue weighted by molar-refractivity contribution is -0.384. The fourth-order valence-electron chi connectivity index (χ4n) is 1.49. The van der Waals surface area contributed by atoms with E-state index in [2.05, 4.69) is 10.1 Å². The van der Waals surface area contributed by atoms with E-state index in [-0.39, 0.29) is 23.4 Å². The summed E-state index contributed by atoms with van der Waals surface area (Å²) >= 11 is 0. The largest absolute Gasteiger partial charge is 0.337 e. The first-order valence-corrected chi connectivity index (χ1v) is 5.46. The molecule has 7 nitrogen and oxygen atoms in total. The number of nitrogens with zero attached hydrogens (tertiary/aromatic N) is 3. The number of hydrogen-bond acceptors (Lipinski definition) is 6. The molecule has 1 aromatic heterocycles. The van der Waals surface area contributed by atoms with E-state index in [1.54, 1.807) is 18.2 Å². The Morgan fingerprint density at radius 2 is 2.22 bits per heavy atom. The van der Waals surface area contributed by atoms with E-state index in [0.717, 1.165) is 0 Å². The average Bonchev–Trinajstić information content (AvgIpc) is 2.87. The van der Waals surface area contributed by atoms with Crippen LogP contribution in [0, 0.1) is 10.1 Å². The van der Waals surface area contributed by atoms with Crippen LogP contribution >= 0.6 is 0 Å². The van der Waals surface area contributed by atoms with E-state index in [0.29, 0.717) is 12.0 Å². The fourth-order valence-corrected chi connectivity index (χ4v) is 1.49. The van der Waals surface area contributed by atoms with Crippen molar-refractivity contribution < 1.29 is 9.45 Å². The molecule has 0 fully saturated rings. The summed E-state index contributed by atoms with van der Waals surface area (Å²) in [7, 11) is 0. The average molecular weight is 248 g/mol. The maximum atomic E-state index is 10.9. The SMILES string of the molecule is CCC(N)c1nc(-c2ccccc2[N+](=O)[O-])no1. The Bertz CT molecular complexity index is 567. The van der Waals surface area contributed by atoms with Gasteiger partial charge in [0.15, 0.2) is 0 Å². The number of benzene rings is 1. The maximum Gasteiger partial charge on any atom is 0.280 e. The third-order valence-electron chi connectivity index (χ3n) is 2.54. The van der Waals surface area contributed by atoms with Crippen molar-refractivity contribution in [3.05, 3.63) is 40.3 Å². The molecule has 0 saturated heterocycles. The summed E-state index contributed by atoms with van der Waals surface area (Å²) in [4.78, 5) is 14.5. The van der Waals surface area contributed by atoms with Gasteiger partial charge in [-0.25, -0.2) is 0 Å². The summed E-state index contributed by atoms with van der Waals surface area (Å²) in [6, 6.07) is 5.88. The highest BCUT2D eigenvalue weighted by atomic mass is 16.6. The summed E-state index contributed by atoms with van der Waals surface area (Å²) in [5, 5.41) is 14.6. The topological polar surface area (TPSA) is 108 Å². The molecule has 1 atom stereocenters. The zero-order valence-corrected chi connectivity index (χ0v) is 9.74. The molecular weight excluding hydrogens is 236 g/mol. The molecule has 0 aliphatic carbocycles. The van der Waals surface area contributed by atoms with Crippen molar-refractivity contribution in [2.75, 3.05) is 0 Å². The van der Waals surface area contributed by atoms with Crippen LogP contribution in [0.4, 0.5) is 5.69 Å². The molecule has 2 rings (SSSR count). The highest BCUT2D eigenvalue weighted by molar-refractivity contribution is 5.67. The molecule has 0 spiro atoms. The fraction of sp³-hybridized carbons (Fsp3) is 0.273. The number of nitro benzene ring substituents is 1. The van der Waals surface area contributed by atoms with Crippen molar-refractivity contribution >= 4 is 5.69 Å². The zero-order valence-electron chi connectivity index (χ0n) is 9.74. The Hall–Kier alpha value is -2.28. The van der Waals surface area contributed by atoms with Gasteiger partial charge in [0.2, 0.25) is 11.7 Å². The van der Waals surface area contributed by atoms with E-state index in [9.17, 15) is 10.1 Å². The highest BCUT2D eigenvalue weighted by Crippen LogP contribution is 2.27. The van der Waals surface area contributed by atoms with E-state index in [1.165, 1.54) is 6.07 Å². The molecule has 2 aromatic rings. The normalized spacial score (nSPS) is 12.3. The minimum absolute atomic E-state index is 0.0603. The first kappa shape index (κ1) is 12.2. The molecule has 1 heterocycles. The van der Waals surface area contributed by atoms with Gasteiger partial charge in [0.25, 0.3) is 5.69 Å². The molecule has 0 saturated carbocycles. The van der Waals surface area contributed by atoms with Crippen LogP contribution in [0.2, 0.25) is 0 Å². The molecule has 0 aliphatic heterocycles. The van der Waals surface area contributed by atoms with Gasteiger partial charge in [0, 0.05) is 6.07 Å². The summed E-state index contributed by atoms with van der Waals surface area (Å²) in [5.74, 6) is 0.465. The van der Waals surface area contributed by atoms with Crippen LogP contribution in [0.25, 0.3) is 11.4 Å². The minimum Gasteiger partial charge on any atom is -0.337 e. The quantitative estimate of drug-likeness (QED) is 0.655. The van der Waals surface area contributed by atoms with E-state index in [4.69, 9.17) is 10.3 Å². The summed E-state index contributed by atoms with van der Waals surface area (Å²) < 4.78 is 5.00. The van der Waals surface area contributed by atoms with E-state index in [1.807, 2.05) is 6.92 Å². The van der Waals surface area contributed by atoms with Crippen LogP contribution in [0.1, 0.15) is 25.3 Å². The molecule has 0 amide bonds. The Labute approximate surface area is 103 Å². The number of hydrogen-bond donors (Lipinski definition) is 1. The lowest BCUT2D eigenvalue weighted by Crippen LogP contribution is -2.08.